The van der Waals surface area contributed by atoms with Crippen LogP contribution in [0.5, 0.6) is 5.75 Å². The van der Waals surface area contributed by atoms with Crippen LogP contribution in [-0.2, 0) is 4.79 Å². The van der Waals surface area contributed by atoms with E-state index in [1.165, 1.54) is 12.1 Å². The van der Waals surface area contributed by atoms with Gasteiger partial charge in [0.2, 0.25) is 5.91 Å². The van der Waals surface area contributed by atoms with E-state index in [0.717, 1.165) is 36.6 Å². The van der Waals surface area contributed by atoms with Gasteiger partial charge in [0.05, 0.1) is 24.9 Å². The quantitative estimate of drug-likeness (QED) is 0.608. The summed E-state index contributed by atoms with van der Waals surface area (Å²) in [5, 5.41) is 3.23. The van der Waals surface area contributed by atoms with Crippen molar-refractivity contribution in [2.45, 2.75) is 25.2 Å². The maximum Gasteiger partial charge on any atom is 0.226 e. The van der Waals surface area contributed by atoms with E-state index < -0.39 is 0 Å². The van der Waals surface area contributed by atoms with Gasteiger partial charge < -0.3 is 15.0 Å². The molecule has 0 aliphatic carbocycles. The lowest BCUT2D eigenvalue weighted by Gasteiger charge is -2.32. The minimum Gasteiger partial charge on any atom is -0.493 e. The first-order valence-electron chi connectivity index (χ1n) is 10.5. The van der Waals surface area contributed by atoms with Crippen LogP contribution in [0.15, 0.2) is 67.0 Å². The Bertz CT molecular complexity index is 998. The second-order valence-corrected chi connectivity index (χ2v) is 7.55. The molecule has 160 valence electrons. The fraction of sp³-hybridized carbons (Fsp3) is 0.292. The van der Waals surface area contributed by atoms with Gasteiger partial charge in [-0.05, 0) is 49.2 Å². The van der Waals surface area contributed by atoms with Crippen LogP contribution in [0.1, 0.15) is 30.9 Å². The van der Waals surface area contributed by atoms with Gasteiger partial charge in [0.15, 0.2) is 0 Å². The standard InChI is InChI=1S/C24H25FN4O2/c25-19-6-3-7-21(15-19)31-14-11-24(30)29-13-4-5-18(17-29)22-10-9-20(16-27-22)28-23-8-1-2-12-26-23/h1-3,6-10,12,15-16,18H,4-5,11,13-14,17H2,(H,26,28)/t18-/m1/s1. The van der Waals surface area contributed by atoms with E-state index in [2.05, 4.69) is 15.3 Å². The van der Waals surface area contributed by atoms with Gasteiger partial charge in [0.25, 0.3) is 0 Å². The zero-order valence-electron chi connectivity index (χ0n) is 17.2. The number of hydrogen-bond acceptors (Lipinski definition) is 5. The van der Waals surface area contributed by atoms with Crippen molar-refractivity contribution in [3.05, 3.63) is 78.5 Å². The van der Waals surface area contributed by atoms with Crippen molar-refractivity contribution in [3.63, 3.8) is 0 Å². The molecule has 0 saturated carbocycles. The van der Waals surface area contributed by atoms with Crippen molar-refractivity contribution in [1.29, 1.82) is 0 Å². The van der Waals surface area contributed by atoms with Gasteiger partial charge in [-0.15, -0.1) is 0 Å². The molecule has 0 unspecified atom stereocenters. The molecule has 7 heteroatoms. The summed E-state index contributed by atoms with van der Waals surface area (Å²) in [4.78, 5) is 23.4. The van der Waals surface area contributed by atoms with Crippen LogP contribution in [0.25, 0.3) is 0 Å². The zero-order chi connectivity index (χ0) is 21.5. The summed E-state index contributed by atoms with van der Waals surface area (Å²) in [7, 11) is 0. The SMILES string of the molecule is O=C(CCOc1cccc(F)c1)N1CCC[C@@H](c2ccc(Nc3ccccn3)cn2)C1. The number of aromatic nitrogens is 2. The van der Waals surface area contributed by atoms with E-state index in [4.69, 9.17) is 4.74 Å². The Labute approximate surface area is 181 Å². The molecule has 0 bridgehead atoms. The van der Waals surface area contributed by atoms with Gasteiger partial charge in [0.1, 0.15) is 17.4 Å². The summed E-state index contributed by atoms with van der Waals surface area (Å²) in [6.45, 7) is 1.63. The molecule has 31 heavy (non-hydrogen) atoms. The molecule has 1 aliphatic heterocycles. The van der Waals surface area contributed by atoms with Crippen LogP contribution in [0, 0.1) is 5.82 Å². The summed E-state index contributed by atoms with van der Waals surface area (Å²) < 4.78 is 18.7. The molecule has 1 aromatic carbocycles. The largest absolute Gasteiger partial charge is 0.493 e. The van der Waals surface area contributed by atoms with Crippen LogP contribution >= 0.6 is 0 Å². The van der Waals surface area contributed by atoms with Crippen LogP contribution in [-0.4, -0.2) is 40.5 Å². The lowest BCUT2D eigenvalue weighted by atomic mass is 9.94. The number of benzene rings is 1. The number of ether oxygens (including phenoxy) is 1. The van der Waals surface area contributed by atoms with Crippen LogP contribution in [0.3, 0.4) is 0 Å². The van der Waals surface area contributed by atoms with Crippen molar-refractivity contribution < 1.29 is 13.9 Å². The highest BCUT2D eigenvalue weighted by molar-refractivity contribution is 5.76. The molecular formula is C24H25FN4O2. The number of halogens is 1. The fourth-order valence-electron chi connectivity index (χ4n) is 3.72. The summed E-state index contributed by atoms with van der Waals surface area (Å²) in [6, 6.07) is 15.7. The fourth-order valence-corrected chi connectivity index (χ4v) is 3.72. The van der Waals surface area contributed by atoms with Gasteiger partial charge in [-0.25, -0.2) is 9.37 Å². The van der Waals surface area contributed by atoms with Crippen molar-refractivity contribution in [2.75, 3.05) is 25.0 Å². The molecule has 1 fully saturated rings. The molecule has 1 saturated heterocycles. The first-order chi connectivity index (χ1) is 15.2. The number of carbonyl (C=O) groups is 1. The average molecular weight is 420 g/mol. The maximum absolute atomic E-state index is 13.2. The number of carbonyl (C=O) groups excluding carboxylic acids is 1. The normalized spacial score (nSPS) is 16.0. The minimum atomic E-state index is -0.351. The van der Waals surface area contributed by atoms with Gasteiger partial charge in [-0.1, -0.05) is 12.1 Å². The number of amides is 1. The maximum atomic E-state index is 13.2. The van der Waals surface area contributed by atoms with E-state index in [1.54, 1.807) is 24.5 Å². The summed E-state index contributed by atoms with van der Waals surface area (Å²) in [5.74, 6) is 1.12. The summed E-state index contributed by atoms with van der Waals surface area (Å²) in [6.07, 6.45) is 5.75. The second-order valence-electron chi connectivity index (χ2n) is 7.55. The third kappa shape index (κ3) is 5.78. The third-order valence-corrected chi connectivity index (χ3v) is 5.30. The molecule has 2 aromatic heterocycles. The second kappa shape index (κ2) is 10.0. The van der Waals surface area contributed by atoms with Crippen molar-refractivity contribution in [1.82, 2.24) is 14.9 Å². The Morgan fingerprint density at radius 1 is 1.16 bits per heavy atom. The van der Waals surface area contributed by atoms with E-state index in [1.807, 2.05) is 35.2 Å². The molecule has 1 N–H and O–H groups in total. The molecule has 0 spiro atoms. The lowest BCUT2D eigenvalue weighted by Crippen LogP contribution is -2.39. The third-order valence-electron chi connectivity index (χ3n) is 5.30. The number of nitrogens with zero attached hydrogens (tertiary/aromatic N) is 3. The van der Waals surface area contributed by atoms with Crippen molar-refractivity contribution in [3.8, 4) is 5.75 Å². The van der Waals surface area contributed by atoms with Crippen molar-refractivity contribution in [2.24, 2.45) is 0 Å². The smallest absolute Gasteiger partial charge is 0.226 e. The lowest BCUT2D eigenvalue weighted by molar-refractivity contribution is -0.132. The number of rotatable bonds is 7. The zero-order valence-corrected chi connectivity index (χ0v) is 17.2. The summed E-state index contributed by atoms with van der Waals surface area (Å²) in [5.41, 5.74) is 1.86. The average Bonchev–Trinajstić information content (AvgIpc) is 2.80. The number of piperidine rings is 1. The molecule has 1 amide bonds. The molecule has 0 radical (unpaired) electrons. The van der Waals surface area contributed by atoms with Gasteiger partial charge >= 0.3 is 0 Å². The molecule has 1 atom stereocenters. The molecule has 3 heterocycles. The van der Waals surface area contributed by atoms with E-state index in [9.17, 15) is 9.18 Å². The van der Waals surface area contributed by atoms with Crippen LogP contribution in [0.4, 0.5) is 15.9 Å². The Hall–Kier alpha value is -3.48. The number of hydrogen-bond donors (Lipinski definition) is 1. The minimum absolute atomic E-state index is 0.0505. The Morgan fingerprint density at radius 2 is 2.10 bits per heavy atom. The van der Waals surface area contributed by atoms with Gasteiger partial charge in [-0.2, -0.15) is 0 Å². The van der Waals surface area contributed by atoms with Crippen LogP contribution in [0.2, 0.25) is 0 Å². The highest BCUT2D eigenvalue weighted by Gasteiger charge is 2.25. The first-order valence-corrected chi connectivity index (χ1v) is 10.5. The molecule has 4 rings (SSSR count). The molecule has 6 nitrogen and oxygen atoms in total. The molecule has 1 aliphatic rings. The molecule has 3 aromatic rings. The van der Waals surface area contributed by atoms with Gasteiger partial charge in [0, 0.05) is 37.0 Å². The van der Waals surface area contributed by atoms with Gasteiger partial charge in [-0.3, -0.25) is 9.78 Å². The Morgan fingerprint density at radius 3 is 2.87 bits per heavy atom. The van der Waals surface area contributed by atoms with E-state index >= 15 is 0 Å². The van der Waals surface area contributed by atoms with Crippen LogP contribution < -0.4 is 10.1 Å². The number of pyridine rings is 2. The van der Waals surface area contributed by atoms with E-state index in [-0.39, 0.29) is 30.7 Å². The number of anilines is 2. The molecular weight excluding hydrogens is 395 g/mol. The van der Waals surface area contributed by atoms with Crippen molar-refractivity contribution >= 4 is 17.4 Å². The Balaban J connectivity index is 1.29. The highest BCUT2D eigenvalue weighted by Crippen LogP contribution is 2.27. The van der Waals surface area contributed by atoms with E-state index in [0.29, 0.717) is 12.3 Å². The number of nitrogens with one attached hydrogen (secondary N) is 1. The predicted octanol–water partition coefficient (Wildman–Crippen LogP) is 4.53. The predicted molar refractivity (Wildman–Crippen MR) is 117 cm³/mol. The monoisotopic (exact) mass is 420 g/mol. The summed E-state index contributed by atoms with van der Waals surface area (Å²) >= 11 is 0. The first kappa shape index (κ1) is 20.8. The highest BCUT2D eigenvalue weighted by atomic mass is 19.1. The Kier molecular flexibility index (Phi) is 6.72. The number of likely N-dealkylation sites (tertiary alicyclic amines) is 1. The topological polar surface area (TPSA) is 67.3 Å².